The highest BCUT2D eigenvalue weighted by Gasteiger charge is 2.24. The number of benzene rings is 1. The summed E-state index contributed by atoms with van der Waals surface area (Å²) in [6.07, 6.45) is -0.372. The number of esters is 1. The lowest BCUT2D eigenvalue weighted by molar-refractivity contribution is -0.149. The average molecular weight is 389 g/mol. The molecule has 28 heavy (non-hydrogen) atoms. The van der Waals surface area contributed by atoms with Crippen LogP contribution in [-0.2, 0) is 23.1 Å². The van der Waals surface area contributed by atoms with Gasteiger partial charge in [-0.15, -0.1) is 0 Å². The first-order valence-electron chi connectivity index (χ1n) is 8.78. The number of hydrogen-bond acceptors (Lipinski definition) is 7. The van der Waals surface area contributed by atoms with Gasteiger partial charge in [0.2, 0.25) is 5.78 Å². The van der Waals surface area contributed by atoms with Crippen molar-refractivity contribution in [3.05, 3.63) is 56.7 Å². The van der Waals surface area contributed by atoms with Crippen LogP contribution in [0.3, 0.4) is 0 Å². The summed E-state index contributed by atoms with van der Waals surface area (Å²) in [6, 6.07) is 8.66. The van der Waals surface area contributed by atoms with Gasteiger partial charge in [-0.05, 0) is 25.5 Å². The van der Waals surface area contributed by atoms with Gasteiger partial charge >= 0.3 is 11.7 Å². The molecule has 0 amide bonds. The van der Waals surface area contributed by atoms with Crippen molar-refractivity contribution in [3.8, 4) is 5.75 Å². The number of rotatable bonds is 8. The van der Waals surface area contributed by atoms with Crippen LogP contribution >= 0.6 is 0 Å². The van der Waals surface area contributed by atoms with Gasteiger partial charge in [0.25, 0.3) is 5.56 Å². The third-order valence-corrected chi connectivity index (χ3v) is 4.04. The molecule has 0 aliphatic heterocycles. The predicted molar refractivity (Wildman–Crippen MR) is 102 cm³/mol. The van der Waals surface area contributed by atoms with Gasteiger partial charge in [-0.3, -0.25) is 18.7 Å². The summed E-state index contributed by atoms with van der Waals surface area (Å²) in [5.74, 6) is -1.31. The molecule has 1 aromatic heterocycles. The summed E-state index contributed by atoms with van der Waals surface area (Å²) in [4.78, 5) is 49.0. The number of anilines is 1. The second kappa shape index (κ2) is 9.03. The number of hydrogen-bond donors (Lipinski definition) is 1. The van der Waals surface area contributed by atoms with E-state index in [9.17, 15) is 19.2 Å². The van der Waals surface area contributed by atoms with Crippen LogP contribution in [-0.4, -0.2) is 33.6 Å². The van der Waals surface area contributed by atoms with E-state index in [0.29, 0.717) is 12.2 Å². The third-order valence-electron chi connectivity index (χ3n) is 4.04. The Bertz CT molecular complexity index is 978. The van der Waals surface area contributed by atoms with E-state index in [1.54, 1.807) is 30.3 Å². The SMILES string of the molecule is CCCn1c(N)c(C(=O)COC(=O)[C@H](C)Oc2ccccc2)c(=O)n(C)c1=O. The van der Waals surface area contributed by atoms with Crippen LogP contribution in [0.2, 0.25) is 0 Å². The highest BCUT2D eigenvalue weighted by molar-refractivity contribution is 6.01. The Morgan fingerprint density at radius 3 is 2.43 bits per heavy atom. The lowest BCUT2D eigenvalue weighted by Crippen LogP contribution is -2.43. The Morgan fingerprint density at radius 1 is 1.18 bits per heavy atom. The van der Waals surface area contributed by atoms with E-state index in [-0.39, 0.29) is 17.9 Å². The molecular formula is C19H23N3O6. The maximum Gasteiger partial charge on any atom is 0.347 e. The number of carbonyl (C=O) groups excluding carboxylic acids is 2. The predicted octanol–water partition coefficient (Wildman–Crippen LogP) is 0.733. The first-order valence-corrected chi connectivity index (χ1v) is 8.78. The Hall–Kier alpha value is -3.36. The summed E-state index contributed by atoms with van der Waals surface area (Å²) < 4.78 is 12.4. The van der Waals surface area contributed by atoms with Crippen molar-refractivity contribution in [1.29, 1.82) is 0 Å². The lowest BCUT2D eigenvalue weighted by atomic mass is 10.2. The molecule has 0 saturated heterocycles. The summed E-state index contributed by atoms with van der Waals surface area (Å²) in [5, 5.41) is 0. The molecule has 0 unspecified atom stereocenters. The summed E-state index contributed by atoms with van der Waals surface area (Å²) >= 11 is 0. The minimum Gasteiger partial charge on any atom is -0.479 e. The van der Waals surface area contributed by atoms with Crippen LogP contribution in [0.5, 0.6) is 5.75 Å². The molecule has 1 aromatic carbocycles. The molecule has 1 atom stereocenters. The zero-order valence-corrected chi connectivity index (χ0v) is 16.0. The maximum atomic E-state index is 12.5. The van der Waals surface area contributed by atoms with Crippen molar-refractivity contribution < 1.29 is 19.1 Å². The van der Waals surface area contributed by atoms with E-state index >= 15 is 0 Å². The van der Waals surface area contributed by atoms with Crippen LogP contribution in [0.15, 0.2) is 39.9 Å². The number of ketones is 1. The van der Waals surface area contributed by atoms with E-state index in [0.717, 1.165) is 9.13 Å². The lowest BCUT2D eigenvalue weighted by Gasteiger charge is -2.15. The van der Waals surface area contributed by atoms with E-state index in [1.807, 2.05) is 6.92 Å². The van der Waals surface area contributed by atoms with Gasteiger partial charge in [0.15, 0.2) is 12.7 Å². The number of ether oxygens (including phenoxy) is 2. The van der Waals surface area contributed by atoms with Crippen molar-refractivity contribution >= 4 is 17.6 Å². The highest BCUT2D eigenvalue weighted by atomic mass is 16.6. The fourth-order valence-corrected chi connectivity index (χ4v) is 2.56. The molecule has 1 heterocycles. The molecule has 2 N–H and O–H groups in total. The summed E-state index contributed by atoms with van der Waals surface area (Å²) in [7, 11) is 1.26. The Balaban J connectivity index is 2.14. The fourth-order valence-electron chi connectivity index (χ4n) is 2.56. The van der Waals surface area contributed by atoms with Gasteiger partial charge in [-0.2, -0.15) is 0 Å². The number of aromatic nitrogens is 2. The monoisotopic (exact) mass is 389 g/mol. The molecule has 0 saturated carbocycles. The Morgan fingerprint density at radius 2 is 1.82 bits per heavy atom. The molecule has 0 bridgehead atoms. The first kappa shape index (κ1) is 20.9. The van der Waals surface area contributed by atoms with Gasteiger partial charge in [-0.1, -0.05) is 25.1 Å². The first-order chi connectivity index (χ1) is 13.3. The van der Waals surface area contributed by atoms with Gasteiger partial charge in [0, 0.05) is 13.6 Å². The summed E-state index contributed by atoms with van der Waals surface area (Å²) in [5.41, 5.74) is 4.06. The molecule has 150 valence electrons. The number of Topliss-reactive ketones (excluding diaryl/α,β-unsaturated/α-hetero) is 1. The number of para-hydroxylation sites is 1. The average Bonchev–Trinajstić information content (AvgIpc) is 2.68. The molecule has 0 aliphatic rings. The van der Waals surface area contributed by atoms with Crippen LogP contribution < -0.4 is 21.7 Å². The molecule has 0 fully saturated rings. The largest absolute Gasteiger partial charge is 0.479 e. The summed E-state index contributed by atoms with van der Waals surface area (Å²) in [6.45, 7) is 2.87. The number of nitrogens with zero attached hydrogens (tertiary/aromatic N) is 2. The standard InChI is InChI=1S/C19H23N3O6/c1-4-10-22-16(20)15(17(24)21(3)19(22)26)14(23)11-27-18(25)12(2)28-13-8-6-5-7-9-13/h5-9,12H,4,10-11,20H2,1-3H3/t12-/m0/s1. The van der Waals surface area contributed by atoms with Crippen molar-refractivity contribution in [2.24, 2.45) is 7.05 Å². The van der Waals surface area contributed by atoms with E-state index in [1.165, 1.54) is 14.0 Å². The zero-order valence-electron chi connectivity index (χ0n) is 16.0. The van der Waals surface area contributed by atoms with Crippen LogP contribution in [0.4, 0.5) is 5.82 Å². The number of nitrogen functional groups attached to an aromatic ring is 1. The number of carbonyl (C=O) groups is 2. The van der Waals surface area contributed by atoms with Crippen molar-refractivity contribution in [2.75, 3.05) is 12.3 Å². The molecule has 0 spiro atoms. The van der Waals surface area contributed by atoms with Crippen molar-refractivity contribution in [1.82, 2.24) is 9.13 Å². The molecular weight excluding hydrogens is 366 g/mol. The quantitative estimate of drug-likeness (QED) is 0.521. The van der Waals surface area contributed by atoms with Gasteiger partial charge < -0.3 is 15.2 Å². The highest BCUT2D eigenvalue weighted by Crippen LogP contribution is 2.12. The van der Waals surface area contributed by atoms with Crippen LogP contribution in [0.1, 0.15) is 30.6 Å². The van der Waals surface area contributed by atoms with Crippen molar-refractivity contribution in [2.45, 2.75) is 32.9 Å². The Kier molecular flexibility index (Phi) is 6.75. The number of nitrogens with two attached hydrogens (primary N) is 1. The van der Waals surface area contributed by atoms with Crippen LogP contribution in [0.25, 0.3) is 0 Å². The topological polar surface area (TPSA) is 123 Å². The maximum absolute atomic E-state index is 12.5. The van der Waals surface area contributed by atoms with Crippen molar-refractivity contribution in [3.63, 3.8) is 0 Å². The minimum absolute atomic E-state index is 0.232. The molecule has 9 heteroatoms. The Labute approximate surface area is 161 Å². The molecule has 0 radical (unpaired) electrons. The smallest absolute Gasteiger partial charge is 0.347 e. The second-order valence-corrected chi connectivity index (χ2v) is 6.16. The molecule has 2 rings (SSSR count). The fraction of sp³-hybridized carbons (Fsp3) is 0.368. The minimum atomic E-state index is -0.954. The molecule has 9 nitrogen and oxygen atoms in total. The van der Waals surface area contributed by atoms with Crippen LogP contribution in [0, 0.1) is 0 Å². The molecule has 2 aromatic rings. The molecule has 0 aliphatic carbocycles. The van der Waals surface area contributed by atoms with Gasteiger partial charge in [0.1, 0.15) is 17.1 Å². The second-order valence-electron chi connectivity index (χ2n) is 6.16. The zero-order chi connectivity index (χ0) is 20.8. The van der Waals surface area contributed by atoms with E-state index in [2.05, 4.69) is 0 Å². The van der Waals surface area contributed by atoms with E-state index in [4.69, 9.17) is 15.2 Å². The van der Waals surface area contributed by atoms with Gasteiger partial charge in [-0.25, -0.2) is 9.59 Å². The van der Waals surface area contributed by atoms with Gasteiger partial charge in [0.05, 0.1) is 0 Å². The normalized spacial score (nSPS) is 11.7. The third kappa shape index (κ3) is 4.48. The van der Waals surface area contributed by atoms with E-state index < -0.39 is 35.7 Å².